The Morgan fingerprint density at radius 1 is 0.500 bits per heavy atom. The summed E-state index contributed by atoms with van der Waals surface area (Å²) in [6, 6.07) is 0. The first-order valence-corrected chi connectivity index (χ1v) is 11.1. The summed E-state index contributed by atoms with van der Waals surface area (Å²) in [6.07, 6.45) is -2.36. The van der Waals surface area contributed by atoms with Gasteiger partial charge in [-0.1, -0.05) is 27.7 Å². The molecule has 1 N–H and O–H groups in total. The molecule has 0 saturated heterocycles. The molecule has 230 valence electrons. The molecule has 0 rings (SSSR count). The SMILES string of the molecule is CCC[N+](CCC)(CCC)CCC.O=C(O)C(F)(F)C(F)(F)C(F)(F)C(F)(F)C(F)(F)C(F)(F)C(F)(F)F. The molecule has 0 unspecified atom stereocenters. The van der Waals surface area contributed by atoms with Gasteiger partial charge in [-0.2, -0.15) is 65.9 Å². The van der Waals surface area contributed by atoms with Crippen LogP contribution >= 0.6 is 0 Å². The van der Waals surface area contributed by atoms with E-state index in [1.165, 1.54) is 56.3 Å². The van der Waals surface area contributed by atoms with Gasteiger partial charge in [0, 0.05) is 0 Å². The molecule has 0 aliphatic rings. The largest absolute Gasteiger partial charge is 0.477 e. The van der Waals surface area contributed by atoms with E-state index in [-0.39, 0.29) is 0 Å². The molecule has 0 radical (unpaired) electrons. The predicted octanol–water partition coefficient (Wildman–Crippen LogP) is 7.89. The molecule has 0 aromatic carbocycles. The number of halogens is 15. The van der Waals surface area contributed by atoms with E-state index in [1.807, 2.05) is 0 Å². The number of nitrogens with zero attached hydrogens (tertiary/aromatic N) is 1. The number of carbonyl (C=O) groups is 1. The molecule has 0 atom stereocenters. The van der Waals surface area contributed by atoms with Gasteiger partial charge in [0.05, 0.1) is 26.2 Å². The summed E-state index contributed by atoms with van der Waals surface area (Å²) in [5.74, 6) is -52.8. The van der Waals surface area contributed by atoms with Crippen LogP contribution in [0.4, 0.5) is 65.9 Å². The Bertz CT molecular complexity index is 722. The first-order chi connectivity index (χ1) is 16.7. The van der Waals surface area contributed by atoms with Crippen molar-refractivity contribution in [2.75, 3.05) is 26.2 Å². The fraction of sp³-hybridized carbons (Fsp3) is 0.950. The molecule has 3 nitrogen and oxygen atoms in total. The van der Waals surface area contributed by atoms with E-state index in [2.05, 4.69) is 27.7 Å². The lowest BCUT2D eigenvalue weighted by molar-refractivity contribution is -0.928. The van der Waals surface area contributed by atoms with Gasteiger partial charge < -0.3 is 9.59 Å². The third-order valence-electron chi connectivity index (χ3n) is 5.39. The molecule has 0 spiro atoms. The summed E-state index contributed by atoms with van der Waals surface area (Å²) < 4.78 is 188. The zero-order valence-corrected chi connectivity index (χ0v) is 20.6. The quantitative estimate of drug-likeness (QED) is 0.163. The summed E-state index contributed by atoms with van der Waals surface area (Å²) in [4.78, 5) is 9.72. The molecule has 0 aliphatic carbocycles. The predicted molar refractivity (Wildman–Crippen MR) is 104 cm³/mol. The van der Waals surface area contributed by atoms with Crippen LogP contribution in [0.2, 0.25) is 0 Å². The highest BCUT2D eigenvalue weighted by atomic mass is 19.4. The minimum atomic E-state index is -8.47. The minimum absolute atomic E-state index is 1.33. The Kier molecular flexibility index (Phi) is 12.9. The highest BCUT2D eigenvalue weighted by Crippen LogP contribution is 2.62. The molecule has 38 heavy (non-hydrogen) atoms. The lowest BCUT2D eigenvalue weighted by Crippen LogP contribution is -2.73. The third-order valence-corrected chi connectivity index (χ3v) is 5.39. The van der Waals surface area contributed by atoms with Crippen LogP contribution in [0, 0.1) is 0 Å². The van der Waals surface area contributed by atoms with Crippen molar-refractivity contribution in [1.82, 2.24) is 0 Å². The van der Waals surface area contributed by atoms with Gasteiger partial charge in [-0.15, -0.1) is 0 Å². The van der Waals surface area contributed by atoms with E-state index in [4.69, 9.17) is 5.11 Å². The molecule has 18 heteroatoms. The van der Waals surface area contributed by atoms with Gasteiger partial charge in [-0.05, 0) is 25.7 Å². The number of hydrogen-bond acceptors (Lipinski definition) is 1. The number of quaternary nitrogens is 1. The van der Waals surface area contributed by atoms with E-state index in [0.29, 0.717) is 0 Å². The number of carboxylic acid groups (broad SMARTS) is 1. The van der Waals surface area contributed by atoms with Crippen molar-refractivity contribution in [2.24, 2.45) is 0 Å². The van der Waals surface area contributed by atoms with Crippen molar-refractivity contribution in [3.63, 3.8) is 0 Å². The molecule has 0 bridgehead atoms. The van der Waals surface area contributed by atoms with Crippen LogP contribution in [0.1, 0.15) is 53.4 Å². The maximum absolute atomic E-state index is 12.8. The van der Waals surface area contributed by atoms with Gasteiger partial charge in [0.25, 0.3) is 0 Å². The highest BCUT2D eigenvalue weighted by molar-refractivity contribution is 5.77. The molecular weight excluding hydrogens is 571 g/mol. The van der Waals surface area contributed by atoms with Crippen LogP contribution < -0.4 is 0 Å². The lowest BCUT2D eigenvalue weighted by atomic mass is 9.91. The Hall–Kier alpha value is -1.62. The Balaban J connectivity index is 0. The van der Waals surface area contributed by atoms with E-state index < -0.39 is 47.7 Å². The Morgan fingerprint density at radius 2 is 0.737 bits per heavy atom. The first-order valence-electron chi connectivity index (χ1n) is 11.1. The molecule has 0 aromatic rings. The van der Waals surface area contributed by atoms with Gasteiger partial charge in [-0.25, -0.2) is 4.79 Å². The summed E-state index contributed by atoms with van der Waals surface area (Å²) >= 11 is 0. The van der Waals surface area contributed by atoms with Gasteiger partial charge in [0.1, 0.15) is 0 Å². The second-order valence-corrected chi connectivity index (χ2v) is 8.49. The number of carboxylic acids is 1. The van der Waals surface area contributed by atoms with Crippen LogP contribution in [-0.4, -0.2) is 83.4 Å². The van der Waals surface area contributed by atoms with Crippen molar-refractivity contribution in [2.45, 2.75) is 95.1 Å². The van der Waals surface area contributed by atoms with Gasteiger partial charge in [0.15, 0.2) is 0 Å². The number of rotatable bonds is 14. The van der Waals surface area contributed by atoms with E-state index in [9.17, 15) is 70.7 Å². The maximum atomic E-state index is 12.8. The average Bonchev–Trinajstić information content (AvgIpc) is 2.73. The minimum Gasteiger partial charge on any atom is -0.477 e. The van der Waals surface area contributed by atoms with Crippen LogP contribution in [0.15, 0.2) is 0 Å². The van der Waals surface area contributed by atoms with Crippen LogP contribution in [0.5, 0.6) is 0 Å². The first kappa shape index (κ1) is 38.5. The fourth-order valence-electron chi connectivity index (χ4n) is 3.67. The van der Waals surface area contributed by atoms with Crippen molar-refractivity contribution in [3.8, 4) is 0 Å². The van der Waals surface area contributed by atoms with Gasteiger partial charge in [0.2, 0.25) is 0 Å². The monoisotopic (exact) mass is 600 g/mol. The smallest absolute Gasteiger partial charge is 0.460 e. The summed E-state index contributed by atoms with van der Waals surface area (Å²) in [5.41, 5.74) is 0. The Morgan fingerprint density at radius 3 is 0.947 bits per heavy atom. The molecule has 0 heterocycles. The zero-order valence-electron chi connectivity index (χ0n) is 20.6. The van der Waals surface area contributed by atoms with Crippen LogP contribution in [-0.2, 0) is 4.79 Å². The maximum Gasteiger partial charge on any atom is 0.460 e. The summed E-state index contributed by atoms with van der Waals surface area (Å²) in [6.45, 7) is 14.8. The van der Waals surface area contributed by atoms with Crippen molar-refractivity contribution in [1.29, 1.82) is 0 Å². The standard InChI is InChI=1S/C12H28N.C8HF15O2/c1-5-9-13(10-6-2,11-7-3)12-8-4;9-2(10,1(24)25)3(11,12)4(13,14)5(15,16)6(17,18)7(19,20)8(21,22)23/h5-12H2,1-4H3;(H,24,25)/q+1;. The average molecular weight is 600 g/mol. The van der Waals surface area contributed by atoms with Crippen molar-refractivity contribution < 1.29 is 80.2 Å². The van der Waals surface area contributed by atoms with Crippen molar-refractivity contribution >= 4 is 5.97 Å². The second kappa shape index (κ2) is 12.7. The molecular formula is C20H29F15NO2+. The lowest BCUT2D eigenvalue weighted by Gasteiger charge is -2.40. The van der Waals surface area contributed by atoms with Crippen LogP contribution in [0.3, 0.4) is 0 Å². The number of alkyl halides is 15. The van der Waals surface area contributed by atoms with E-state index in [0.717, 1.165) is 0 Å². The molecule has 0 aliphatic heterocycles. The zero-order chi connectivity index (χ0) is 31.2. The van der Waals surface area contributed by atoms with E-state index >= 15 is 0 Å². The molecule has 0 saturated carbocycles. The summed E-state index contributed by atoms with van der Waals surface area (Å²) in [5, 5.41) is 7.57. The second-order valence-electron chi connectivity index (χ2n) is 8.49. The molecule has 0 aromatic heterocycles. The Labute approximate surface area is 208 Å². The summed E-state index contributed by atoms with van der Waals surface area (Å²) in [7, 11) is 0. The normalized spacial score (nSPS) is 14.7. The highest BCUT2D eigenvalue weighted by Gasteiger charge is 2.94. The molecule has 0 fully saturated rings. The topological polar surface area (TPSA) is 37.3 Å². The number of aliphatic carboxylic acids is 1. The third kappa shape index (κ3) is 6.92. The molecule has 0 amide bonds. The van der Waals surface area contributed by atoms with Gasteiger partial charge >= 0.3 is 47.7 Å². The van der Waals surface area contributed by atoms with Gasteiger partial charge in [-0.3, -0.25) is 0 Å². The van der Waals surface area contributed by atoms with Crippen LogP contribution in [0.25, 0.3) is 0 Å². The number of hydrogen-bond donors (Lipinski definition) is 1. The van der Waals surface area contributed by atoms with E-state index in [1.54, 1.807) is 0 Å². The van der Waals surface area contributed by atoms with Crippen molar-refractivity contribution in [3.05, 3.63) is 0 Å². The fourth-order valence-corrected chi connectivity index (χ4v) is 3.67.